The van der Waals surface area contributed by atoms with Gasteiger partial charge in [-0.2, -0.15) is 21.6 Å². The summed E-state index contributed by atoms with van der Waals surface area (Å²) in [5.41, 5.74) is -0.636. The molecule has 3 aromatic carbocycles. The van der Waals surface area contributed by atoms with Crippen molar-refractivity contribution in [3.63, 3.8) is 0 Å². The molecule has 0 atom stereocenters. The summed E-state index contributed by atoms with van der Waals surface area (Å²) >= 11 is 0. The van der Waals surface area contributed by atoms with Crippen molar-refractivity contribution in [2.24, 2.45) is 17.8 Å². The molecule has 0 saturated heterocycles. The average Bonchev–Trinajstić information content (AvgIpc) is 2.92. The van der Waals surface area contributed by atoms with Gasteiger partial charge in [-0.1, -0.05) is 62.4 Å². The standard InChI is InChI=1S/C21H14F6O.C13H23.Y/c1-11-3-5-13(6-4-11)14-7-18(24)20(19(25)8-14)21(26,27)28-15-9-16(22)12(2)17(23)10-15;1-11-7-9-13(10-8-11)12-5-3-2-4-6-12;/h3-10H,1-2H3;2,11-13H,3-10H2,1H3;/q;-1;. The molecule has 0 heterocycles. The summed E-state index contributed by atoms with van der Waals surface area (Å²) in [6.45, 7) is 5.35. The number of ether oxygens (including phenoxy) is 1. The van der Waals surface area contributed by atoms with E-state index in [1.165, 1.54) is 51.4 Å². The second kappa shape index (κ2) is 15.2. The van der Waals surface area contributed by atoms with E-state index in [0.29, 0.717) is 17.7 Å². The van der Waals surface area contributed by atoms with E-state index >= 15 is 0 Å². The van der Waals surface area contributed by atoms with Crippen molar-refractivity contribution in [2.75, 3.05) is 0 Å². The van der Waals surface area contributed by atoms with E-state index in [2.05, 4.69) is 18.1 Å². The summed E-state index contributed by atoms with van der Waals surface area (Å²) in [5, 5.41) is 0. The zero-order chi connectivity index (χ0) is 29.7. The van der Waals surface area contributed by atoms with Crippen LogP contribution in [0.3, 0.4) is 0 Å². The predicted molar refractivity (Wildman–Crippen MR) is 150 cm³/mol. The molecule has 5 rings (SSSR count). The minimum absolute atomic E-state index is 0. The molecule has 2 saturated carbocycles. The summed E-state index contributed by atoms with van der Waals surface area (Å²) in [6, 6.07) is 9.12. The van der Waals surface area contributed by atoms with Crippen molar-refractivity contribution in [2.45, 2.75) is 78.2 Å². The first-order chi connectivity index (χ1) is 19.4. The zero-order valence-electron chi connectivity index (χ0n) is 24.3. The predicted octanol–water partition coefficient (Wildman–Crippen LogP) is 10.9. The first-order valence-electron chi connectivity index (χ1n) is 14.3. The second-order valence-corrected chi connectivity index (χ2v) is 11.5. The fraction of sp³-hybridized carbons (Fsp3) is 0.441. The van der Waals surface area contributed by atoms with Gasteiger partial charge < -0.3 is 11.2 Å². The molecular weight excluding hydrogens is 627 g/mol. The number of alkyl halides is 2. The molecule has 0 amide bonds. The Labute approximate surface area is 270 Å². The Morgan fingerprint density at radius 1 is 0.690 bits per heavy atom. The molecule has 0 unspecified atom stereocenters. The minimum Gasteiger partial charge on any atom is -0.429 e. The van der Waals surface area contributed by atoms with Crippen LogP contribution in [0.2, 0.25) is 0 Å². The van der Waals surface area contributed by atoms with Crippen LogP contribution >= 0.6 is 0 Å². The molecule has 2 aliphatic rings. The first-order valence-corrected chi connectivity index (χ1v) is 14.3. The van der Waals surface area contributed by atoms with E-state index in [1.807, 2.05) is 6.92 Å². The molecular formula is C34H37F6OY-. The van der Waals surface area contributed by atoms with Gasteiger partial charge in [0.05, 0.1) is 0 Å². The number of halogens is 6. The maximum atomic E-state index is 14.4. The monoisotopic (exact) mass is 664 g/mol. The molecule has 8 heteroatoms. The van der Waals surface area contributed by atoms with Gasteiger partial charge >= 0.3 is 6.11 Å². The Balaban J connectivity index is 0.000000289. The van der Waals surface area contributed by atoms with Crippen LogP contribution < -0.4 is 4.74 Å². The fourth-order valence-corrected chi connectivity index (χ4v) is 5.83. The van der Waals surface area contributed by atoms with Crippen LogP contribution in [0.25, 0.3) is 11.1 Å². The Morgan fingerprint density at radius 2 is 1.19 bits per heavy atom. The topological polar surface area (TPSA) is 9.23 Å². The van der Waals surface area contributed by atoms with E-state index in [1.54, 1.807) is 24.3 Å². The summed E-state index contributed by atoms with van der Waals surface area (Å²) in [5.74, 6) is -3.02. The Hall–Kier alpha value is -1.86. The Bertz CT molecular complexity index is 1270. The number of benzene rings is 3. The van der Waals surface area contributed by atoms with Crippen molar-refractivity contribution < 1.29 is 63.8 Å². The van der Waals surface area contributed by atoms with Crippen LogP contribution in [0.4, 0.5) is 26.3 Å². The van der Waals surface area contributed by atoms with Crippen molar-refractivity contribution in [1.82, 2.24) is 0 Å². The first kappa shape index (κ1) is 34.6. The van der Waals surface area contributed by atoms with Crippen LogP contribution in [-0.2, 0) is 38.8 Å². The average molecular weight is 665 g/mol. The molecule has 2 aliphatic carbocycles. The summed E-state index contributed by atoms with van der Waals surface area (Å²) in [4.78, 5) is 0. The molecule has 0 aliphatic heterocycles. The maximum Gasteiger partial charge on any atom is 0.432 e. The van der Waals surface area contributed by atoms with Crippen LogP contribution in [0.1, 0.15) is 75.0 Å². The van der Waals surface area contributed by atoms with Gasteiger partial charge in [0.1, 0.15) is 34.6 Å². The number of hydrogen-bond acceptors (Lipinski definition) is 1. The molecule has 0 spiro atoms. The number of aryl methyl sites for hydroxylation is 1. The van der Waals surface area contributed by atoms with Gasteiger partial charge in [0.2, 0.25) is 0 Å². The van der Waals surface area contributed by atoms with Crippen LogP contribution in [0.15, 0.2) is 48.5 Å². The largest absolute Gasteiger partial charge is 0.432 e. The molecule has 0 N–H and O–H groups in total. The van der Waals surface area contributed by atoms with Crippen molar-refractivity contribution in [1.29, 1.82) is 0 Å². The van der Waals surface area contributed by atoms with E-state index in [9.17, 15) is 26.3 Å². The Kier molecular flexibility index (Phi) is 12.6. The van der Waals surface area contributed by atoms with Crippen LogP contribution in [-0.4, -0.2) is 0 Å². The van der Waals surface area contributed by atoms with Crippen molar-refractivity contribution >= 4 is 0 Å². The van der Waals surface area contributed by atoms with E-state index < -0.39 is 46.3 Å². The molecule has 0 bridgehead atoms. The zero-order valence-corrected chi connectivity index (χ0v) is 27.2. The normalized spacial score (nSPS) is 19.4. The van der Waals surface area contributed by atoms with Crippen molar-refractivity contribution in [3.8, 4) is 16.9 Å². The van der Waals surface area contributed by atoms with E-state index in [4.69, 9.17) is 0 Å². The summed E-state index contributed by atoms with van der Waals surface area (Å²) < 4.78 is 88.7. The van der Waals surface area contributed by atoms with Crippen LogP contribution in [0, 0.1) is 61.3 Å². The fourth-order valence-electron chi connectivity index (χ4n) is 5.83. The third-order valence-corrected chi connectivity index (χ3v) is 8.43. The van der Waals surface area contributed by atoms with Gasteiger partial charge in [-0.05, 0) is 67.7 Å². The molecule has 225 valence electrons. The van der Waals surface area contributed by atoms with Gasteiger partial charge in [0, 0.05) is 50.4 Å². The van der Waals surface area contributed by atoms with Gasteiger partial charge in [0.25, 0.3) is 0 Å². The quantitative estimate of drug-likeness (QED) is 0.195. The molecule has 42 heavy (non-hydrogen) atoms. The van der Waals surface area contributed by atoms with Crippen LogP contribution in [0.5, 0.6) is 5.75 Å². The smallest absolute Gasteiger partial charge is 0.429 e. The minimum atomic E-state index is -4.49. The van der Waals surface area contributed by atoms with E-state index in [0.717, 1.165) is 42.4 Å². The van der Waals surface area contributed by atoms with Gasteiger partial charge in [-0.15, -0.1) is 0 Å². The number of rotatable bonds is 5. The van der Waals surface area contributed by atoms with Crippen molar-refractivity contribution in [3.05, 3.63) is 94.9 Å². The molecule has 1 nitrogen and oxygen atoms in total. The maximum absolute atomic E-state index is 14.4. The third kappa shape index (κ3) is 8.84. The Morgan fingerprint density at radius 3 is 1.71 bits per heavy atom. The molecule has 2 fully saturated rings. The molecule has 1 radical (unpaired) electrons. The second-order valence-electron chi connectivity index (χ2n) is 11.5. The third-order valence-electron chi connectivity index (χ3n) is 8.43. The molecule has 3 aromatic rings. The number of hydrogen-bond donors (Lipinski definition) is 0. The summed E-state index contributed by atoms with van der Waals surface area (Å²) in [7, 11) is 0. The van der Waals surface area contributed by atoms with E-state index in [-0.39, 0.29) is 38.3 Å². The molecule has 0 aromatic heterocycles. The van der Waals surface area contributed by atoms with Gasteiger partial charge in [0.15, 0.2) is 0 Å². The SMILES string of the molecule is CC1CCC(C2CC[CH-]CC2)CC1.Cc1ccc(-c2cc(F)c(C(F)(F)Oc3cc(F)c(C)c(F)c3)c(F)c2)cc1.[Y]. The van der Waals surface area contributed by atoms with Gasteiger partial charge in [-0.3, -0.25) is 0 Å². The summed E-state index contributed by atoms with van der Waals surface area (Å²) in [6.07, 6.45) is 9.87. The van der Waals surface area contributed by atoms with Gasteiger partial charge in [-0.25, -0.2) is 17.6 Å².